The number of benzene rings is 4. The minimum Gasteiger partial charge on any atom is -0.358 e. The second-order valence-corrected chi connectivity index (χ2v) is 23.2. The summed E-state index contributed by atoms with van der Waals surface area (Å²) in [6.07, 6.45) is 0. The van der Waals surface area contributed by atoms with Crippen LogP contribution in [0, 0.1) is 28.7 Å². The largest absolute Gasteiger partial charge is 0.358 e. The monoisotopic (exact) mass is 768 g/mol. The van der Waals surface area contributed by atoms with Crippen molar-refractivity contribution >= 4 is 42.8 Å². The van der Waals surface area contributed by atoms with E-state index in [1.807, 2.05) is 0 Å². The standard InChI is InChI=1S/C22H25.C21H23.2CH3.CH2.2ClH.Zr/c1-15(2)18-13-17-7-6-8-20(21(17)14-18)16-9-11-19(12-10-16)22(3,4)5;1-14-12-19-15(2)6-11-18(20(19)13-14)16-7-9-17(10-8-16)21(3,4)5;;;;;;/h6-15H,1-5H3;6-13H,1-5H3;2*1H3;1H2;2*1H;/q4*-1;;;;+2/p-2. The third kappa shape index (κ3) is 11.0. The van der Waals surface area contributed by atoms with Crippen molar-refractivity contribution < 1.29 is 18.9 Å². The minimum atomic E-state index is -1.85. The quantitative estimate of drug-likeness (QED) is 0.157. The average molecular weight is 771 g/mol. The van der Waals surface area contributed by atoms with Gasteiger partial charge in [0.05, 0.1) is 0 Å². The molecule has 0 fully saturated rings. The molecule has 0 aliphatic rings. The van der Waals surface area contributed by atoms with Gasteiger partial charge in [0, 0.05) is 0 Å². The third-order valence-corrected chi connectivity index (χ3v) is 8.81. The van der Waals surface area contributed by atoms with Gasteiger partial charge in [-0.25, -0.2) is 0 Å². The van der Waals surface area contributed by atoms with E-state index in [1.165, 1.54) is 71.6 Å². The van der Waals surface area contributed by atoms with Gasteiger partial charge in [0.2, 0.25) is 0 Å². The van der Waals surface area contributed by atoms with Crippen molar-refractivity contribution in [2.45, 2.75) is 86.0 Å². The van der Waals surface area contributed by atoms with Crippen LogP contribution in [0.2, 0.25) is 0 Å². The minimum absolute atomic E-state index is 0. The van der Waals surface area contributed by atoms with E-state index in [9.17, 15) is 0 Å². The molecule has 0 spiro atoms. The summed E-state index contributed by atoms with van der Waals surface area (Å²) in [5.74, 6) is 0.573. The van der Waals surface area contributed by atoms with E-state index in [0.29, 0.717) is 5.92 Å². The van der Waals surface area contributed by atoms with Crippen LogP contribution in [0.1, 0.15) is 89.1 Å². The summed E-state index contributed by atoms with van der Waals surface area (Å²) in [4.78, 5) is 0. The molecule has 0 aromatic heterocycles. The molecule has 0 unspecified atom stereocenters. The Labute approximate surface area is 313 Å². The maximum absolute atomic E-state index is 5.13. The summed E-state index contributed by atoms with van der Waals surface area (Å²) in [7, 11) is 10.3. The maximum atomic E-state index is 5.13. The molecular formula is C46H56Cl2Zr-4. The molecule has 0 aliphatic carbocycles. The first-order valence-electron chi connectivity index (χ1n) is 16.5. The molecule has 0 radical (unpaired) electrons. The van der Waals surface area contributed by atoms with Crippen molar-refractivity contribution in [3.8, 4) is 22.3 Å². The molecule has 0 bridgehead atoms. The van der Waals surface area contributed by atoms with Gasteiger partial charge in [-0.2, -0.15) is 12.1 Å². The number of rotatable bonds is 3. The Morgan fingerprint density at radius 1 is 0.633 bits per heavy atom. The fraction of sp³-hybridized carbons (Fsp3) is 0.283. The first kappa shape index (κ1) is 42.6. The average Bonchev–Trinajstić information content (AvgIpc) is 3.61. The van der Waals surface area contributed by atoms with E-state index in [1.54, 1.807) is 0 Å². The summed E-state index contributed by atoms with van der Waals surface area (Å²) in [6, 6.07) is 38.5. The van der Waals surface area contributed by atoms with E-state index in [4.69, 9.17) is 17.0 Å². The molecule has 0 saturated heterocycles. The summed E-state index contributed by atoms with van der Waals surface area (Å²) in [6.45, 7) is 22.4. The van der Waals surface area contributed by atoms with Crippen molar-refractivity contribution in [3.05, 3.63) is 146 Å². The Kier molecular flexibility index (Phi) is 15.3. The van der Waals surface area contributed by atoms with Gasteiger partial charge >= 0.3 is 40.1 Å². The van der Waals surface area contributed by atoms with Gasteiger partial charge in [-0.05, 0) is 39.0 Å². The van der Waals surface area contributed by atoms with E-state index < -0.39 is 18.9 Å². The van der Waals surface area contributed by atoms with Crippen molar-refractivity contribution in [1.82, 2.24) is 0 Å². The van der Waals surface area contributed by atoms with Crippen LogP contribution < -0.4 is 0 Å². The van der Waals surface area contributed by atoms with Crippen LogP contribution in [-0.4, -0.2) is 4.21 Å². The molecule has 6 rings (SSSR count). The van der Waals surface area contributed by atoms with Crippen LogP contribution in [-0.2, 0) is 29.7 Å². The normalized spacial score (nSPS) is 11.2. The Morgan fingerprint density at radius 2 is 1.10 bits per heavy atom. The molecule has 0 heterocycles. The Hall–Kier alpha value is -2.57. The predicted octanol–water partition coefficient (Wildman–Crippen LogP) is 15.0. The summed E-state index contributed by atoms with van der Waals surface area (Å²) < 4.78 is 3.37. The van der Waals surface area contributed by atoms with Gasteiger partial charge in [0.1, 0.15) is 0 Å². The molecule has 6 aromatic carbocycles. The topological polar surface area (TPSA) is 0 Å². The molecule has 3 heteroatoms. The van der Waals surface area contributed by atoms with E-state index >= 15 is 0 Å². The fourth-order valence-electron chi connectivity index (χ4n) is 5.98. The first-order valence-corrected chi connectivity index (χ1v) is 24.6. The van der Waals surface area contributed by atoms with Gasteiger partial charge in [-0.15, -0.1) is 68.6 Å². The number of halogens is 2. The van der Waals surface area contributed by atoms with Crippen LogP contribution in [0.4, 0.5) is 0 Å². The third-order valence-electron chi connectivity index (χ3n) is 8.81. The zero-order chi connectivity index (χ0) is 34.7. The second kappa shape index (κ2) is 17.6. The van der Waals surface area contributed by atoms with Crippen LogP contribution >= 0.6 is 17.0 Å². The van der Waals surface area contributed by atoms with Crippen LogP contribution in [0.25, 0.3) is 43.8 Å². The second-order valence-electron chi connectivity index (χ2n) is 15.0. The smallest absolute Gasteiger partial charge is 0.358 e. The van der Waals surface area contributed by atoms with E-state index in [-0.39, 0.29) is 25.7 Å². The molecule has 0 nitrogen and oxygen atoms in total. The van der Waals surface area contributed by atoms with Crippen molar-refractivity contribution in [1.29, 1.82) is 0 Å². The molecule has 262 valence electrons. The Bertz CT molecular complexity index is 1950. The SMILES string of the molecule is CC(C)c1cc2c(-c3ccc(C(C)(C)C)cc3)cccc2[cH-]1.Cc1cc2c(-c3ccc(C(C)(C)C)cc3)ccc(C)c2[cH-]1.[CH2]=[Zr]([Cl])[Cl].[CH3-].[CH3-]. The van der Waals surface area contributed by atoms with Gasteiger partial charge in [0.15, 0.2) is 0 Å². The molecule has 0 aliphatic heterocycles. The van der Waals surface area contributed by atoms with Crippen molar-refractivity contribution in [2.24, 2.45) is 0 Å². The van der Waals surface area contributed by atoms with Crippen molar-refractivity contribution in [3.63, 3.8) is 0 Å². The van der Waals surface area contributed by atoms with Crippen LogP contribution in [0.3, 0.4) is 0 Å². The van der Waals surface area contributed by atoms with Crippen molar-refractivity contribution in [2.75, 3.05) is 0 Å². The van der Waals surface area contributed by atoms with E-state index in [0.717, 1.165) is 0 Å². The van der Waals surface area contributed by atoms with Gasteiger partial charge in [-0.3, -0.25) is 0 Å². The molecule has 0 atom stereocenters. The Balaban J connectivity index is 0.000000296. The molecule has 0 saturated carbocycles. The fourth-order valence-corrected chi connectivity index (χ4v) is 5.98. The summed E-state index contributed by atoms with van der Waals surface area (Å²) >= 11 is -1.85. The van der Waals surface area contributed by atoms with Crippen LogP contribution in [0.5, 0.6) is 0 Å². The zero-order valence-corrected chi connectivity index (χ0v) is 35.8. The number of fused-ring (bicyclic) bond motifs is 2. The van der Waals surface area contributed by atoms with Gasteiger partial charge in [-0.1, -0.05) is 141 Å². The molecular weight excluding hydrogens is 715 g/mol. The molecule has 6 aromatic rings. The first-order chi connectivity index (χ1) is 22.0. The van der Waals surface area contributed by atoms with Gasteiger partial charge in [0.25, 0.3) is 0 Å². The number of aryl methyl sites for hydroxylation is 2. The summed E-state index contributed by atoms with van der Waals surface area (Å²) in [5.41, 5.74) is 12.6. The van der Waals surface area contributed by atoms with E-state index in [2.05, 4.69) is 177 Å². The maximum Gasteiger partial charge on any atom is -0.358 e. The predicted molar refractivity (Wildman–Crippen MR) is 223 cm³/mol. The Morgan fingerprint density at radius 3 is 1.55 bits per heavy atom. The van der Waals surface area contributed by atoms with Crippen LogP contribution in [0.15, 0.2) is 103 Å². The number of hydrogen-bond donors (Lipinski definition) is 0. The van der Waals surface area contributed by atoms with Gasteiger partial charge < -0.3 is 14.9 Å². The molecule has 0 amide bonds. The zero-order valence-electron chi connectivity index (χ0n) is 31.9. The summed E-state index contributed by atoms with van der Waals surface area (Å²) in [5, 5.41) is 5.47. The molecule has 0 N–H and O–H groups in total. The molecule has 49 heavy (non-hydrogen) atoms. The number of hydrogen-bond acceptors (Lipinski definition) is 0.